The Bertz CT molecular complexity index is 1120. The van der Waals surface area contributed by atoms with Crippen molar-refractivity contribution in [2.75, 3.05) is 37.6 Å². The van der Waals surface area contributed by atoms with Crippen LogP contribution in [0, 0.1) is 0 Å². The number of carbonyl (C=O) groups is 2. The molecule has 1 saturated heterocycles. The van der Waals surface area contributed by atoms with Gasteiger partial charge in [0.25, 0.3) is 0 Å². The normalized spacial score (nSPS) is 14.4. The molecule has 1 fully saturated rings. The van der Waals surface area contributed by atoms with Crippen molar-refractivity contribution in [2.24, 2.45) is 0 Å². The van der Waals surface area contributed by atoms with Crippen LogP contribution < -0.4 is 10.2 Å². The fourth-order valence-electron chi connectivity index (χ4n) is 3.49. The summed E-state index contributed by atoms with van der Waals surface area (Å²) < 4.78 is 1.79. The van der Waals surface area contributed by atoms with E-state index >= 15 is 0 Å². The Morgan fingerprint density at radius 1 is 1.03 bits per heavy atom. The molecule has 2 amide bonds. The van der Waals surface area contributed by atoms with Crippen LogP contribution in [0.3, 0.4) is 0 Å². The number of nitrogens with one attached hydrogen (secondary N) is 1. The molecule has 2 aromatic heterocycles. The highest BCUT2D eigenvalue weighted by atomic mass is 35.5. The van der Waals surface area contributed by atoms with E-state index in [1.54, 1.807) is 15.4 Å². The van der Waals surface area contributed by atoms with Crippen LogP contribution >= 0.6 is 23.2 Å². The number of imidazole rings is 1. The fourth-order valence-corrected chi connectivity index (χ4v) is 3.86. The quantitative estimate of drug-likeness (QED) is 0.597. The molecule has 0 saturated carbocycles. The molecule has 0 radical (unpaired) electrons. The van der Waals surface area contributed by atoms with Gasteiger partial charge in [-0.05, 0) is 42.5 Å². The molecule has 0 spiro atoms. The molecule has 1 aliphatic rings. The van der Waals surface area contributed by atoms with Gasteiger partial charge in [-0.15, -0.1) is 0 Å². The van der Waals surface area contributed by atoms with Crippen LogP contribution in [0.1, 0.15) is 5.69 Å². The molecule has 7 nitrogen and oxygen atoms in total. The standard InChI is InChI=1S/C22H21Cl2N5O2/c23-16-4-6-17(7-5-16)27-11-13-28(14-12-27)21(31)15-25-20(30)9-8-18-22(24)26-19-3-1-2-10-29(18)19/h1-10H,11-15H2,(H,25,30)/b9-8+. The maximum Gasteiger partial charge on any atom is 0.244 e. The Labute approximate surface area is 189 Å². The van der Waals surface area contributed by atoms with E-state index in [1.165, 1.54) is 6.08 Å². The van der Waals surface area contributed by atoms with Gasteiger partial charge in [0.05, 0.1) is 12.2 Å². The first kappa shape index (κ1) is 21.2. The van der Waals surface area contributed by atoms with E-state index in [0.717, 1.165) is 18.8 Å². The summed E-state index contributed by atoms with van der Waals surface area (Å²) in [4.78, 5) is 32.8. The molecule has 3 aromatic rings. The van der Waals surface area contributed by atoms with Crippen molar-refractivity contribution in [1.29, 1.82) is 0 Å². The summed E-state index contributed by atoms with van der Waals surface area (Å²) in [6.45, 7) is 2.61. The van der Waals surface area contributed by atoms with E-state index in [1.807, 2.05) is 48.7 Å². The molecular formula is C22H21Cl2N5O2. The highest BCUT2D eigenvalue weighted by Crippen LogP contribution is 2.20. The first-order valence-corrected chi connectivity index (χ1v) is 10.6. The van der Waals surface area contributed by atoms with Gasteiger partial charge >= 0.3 is 0 Å². The number of hydrogen-bond acceptors (Lipinski definition) is 4. The predicted molar refractivity (Wildman–Crippen MR) is 122 cm³/mol. The van der Waals surface area contributed by atoms with E-state index in [2.05, 4.69) is 15.2 Å². The van der Waals surface area contributed by atoms with Crippen LogP contribution in [0.25, 0.3) is 11.7 Å². The van der Waals surface area contributed by atoms with Gasteiger partial charge in [0, 0.05) is 49.2 Å². The number of fused-ring (bicyclic) bond motifs is 1. The smallest absolute Gasteiger partial charge is 0.244 e. The minimum Gasteiger partial charge on any atom is -0.368 e. The molecule has 1 aromatic carbocycles. The molecule has 0 aliphatic carbocycles. The third kappa shape index (κ3) is 5.00. The van der Waals surface area contributed by atoms with Gasteiger partial charge in [-0.25, -0.2) is 4.98 Å². The number of anilines is 1. The second kappa shape index (κ2) is 9.41. The first-order chi connectivity index (χ1) is 15.0. The summed E-state index contributed by atoms with van der Waals surface area (Å²) in [5, 5.41) is 3.65. The summed E-state index contributed by atoms with van der Waals surface area (Å²) >= 11 is 12.1. The van der Waals surface area contributed by atoms with Crippen LogP contribution in [-0.2, 0) is 9.59 Å². The van der Waals surface area contributed by atoms with Crippen LogP contribution in [-0.4, -0.2) is 58.8 Å². The summed E-state index contributed by atoms with van der Waals surface area (Å²) in [6.07, 6.45) is 4.76. The second-order valence-corrected chi connectivity index (χ2v) is 7.91. The van der Waals surface area contributed by atoms with E-state index in [-0.39, 0.29) is 18.4 Å². The van der Waals surface area contributed by atoms with Crippen molar-refractivity contribution in [3.63, 3.8) is 0 Å². The number of hydrogen-bond donors (Lipinski definition) is 1. The van der Waals surface area contributed by atoms with Gasteiger partial charge in [0.2, 0.25) is 11.8 Å². The second-order valence-electron chi connectivity index (χ2n) is 7.11. The molecule has 9 heteroatoms. The average Bonchev–Trinajstić information content (AvgIpc) is 3.11. The lowest BCUT2D eigenvalue weighted by atomic mass is 10.2. The Morgan fingerprint density at radius 2 is 1.77 bits per heavy atom. The summed E-state index contributed by atoms with van der Waals surface area (Å²) in [5.74, 6) is -0.472. The van der Waals surface area contributed by atoms with Crippen molar-refractivity contribution in [3.8, 4) is 0 Å². The largest absolute Gasteiger partial charge is 0.368 e. The molecule has 31 heavy (non-hydrogen) atoms. The topological polar surface area (TPSA) is 70.0 Å². The molecule has 4 rings (SSSR count). The number of benzene rings is 1. The van der Waals surface area contributed by atoms with Crippen molar-refractivity contribution in [3.05, 3.63) is 70.6 Å². The van der Waals surface area contributed by atoms with Crippen molar-refractivity contribution in [2.45, 2.75) is 0 Å². The molecule has 1 N–H and O–H groups in total. The maximum atomic E-state index is 12.5. The molecule has 3 heterocycles. The van der Waals surface area contributed by atoms with Crippen LogP contribution in [0.5, 0.6) is 0 Å². The lowest BCUT2D eigenvalue weighted by Gasteiger charge is -2.36. The van der Waals surface area contributed by atoms with Gasteiger partial charge in [-0.3, -0.25) is 14.0 Å². The first-order valence-electron chi connectivity index (χ1n) is 9.88. The minimum absolute atomic E-state index is 0.0506. The van der Waals surface area contributed by atoms with E-state index in [9.17, 15) is 9.59 Å². The third-order valence-corrected chi connectivity index (χ3v) is 5.68. The molecule has 160 valence electrons. The lowest BCUT2D eigenvalue weighted by molar-refractivity contribution is -0.132. The summed E-state index contributed by atoms with van der Waals surface area (Å²) in [7, 11) is 0. The zero-order valence-electron chi connectivity index (χ0n) is 16.7. The van der Waals surface area contributed by atoms with Gasteiger partial charge in [-0.2, -0.15) is 0 Å². The van der Waals surface area contributed by atoms with Crippen LogP contribution in [0.15, 0.2) is 54.7 Å². The van der Waals surface area contributed by atoms with E-state index in [4.69, 9.17) is 23.2 Å². The zero-order chi connectivity index (χ0) is 21.8. The fraction of sp³-hybridized carbons (Fsp3) is 0.227. The highest BCUT2D eigenvalue weighted by Gasteiger charge is 2.21. The van der Waals surface area contributed by atoms with Crippen LogP contribution in [0.2, 0.25) is 10.2 Å². The van der Waals surface area contributed by atoms with Crippen LogP contribution in [0.4, 0.5) is 5.69 Å². The molecule has 0 atom stereocenters. The number of amides is 2. The molecule has 0 unspecified atom stereocenters. The van der Waals surface area contributed by atoms with Crippen molar-refractivity contribution >= 4 is 52.4 Å². The molecular weight excluding hydrogens is 437 g/mol. The van der Waals surface area contributed by atoms with Gasteiger partial charge in [0.15, 0.2) is 5.15 Å². The predicted octanol–water partition coefficient (Wildman–Crippen LogP) is 3.12. The van der Waals surface area contributed by atoms with E-state index < -0.39 is 0 Å². The Kier molecular flexibility index (Phi) is 6.44. The summed E-state index contributed by atoms with van der Waals surface area (Å²) in [5.41, 5.74) is 2.39. The number of piperazine rings is 1. The monoisotopic (exact) mass is 457 g/mol. The van der Waals surface area contributed by atoms with Gasteiger partial charge in [0.1, 0.15) is 5.65 Å². The zero-order valence-corrected chi connectivity index (χ0v) is 18.2. The van der Waals surface area contributed by atoms with Crippen molar-refractivity contribution in [1.82, 2.24) is 19.6 Å². The van der Waals surface area contributed by atoms with E-state index in [0.29, 0.717) is 34.6 Å². The highest BCUT2D eigenvalue weighted by molar-refractivity contribution is 6.31. The SMILES string of the molecule is O=C(/C=C/c1c(Cl)nc2ccccn12)NCC(=O)N1CCN(c2ccc(Cl)cc2)CC1. The van der Waals surface area contributed by atoms with Crippen molar-refractivity contribution < 1.29 is 9.59 Å². The number of nitrogens with zero attached hydrogens (tertiary/aromatic N) is 4. The molecule has 1 aliphatic heterocycles. The number of aromatic nitrogens is 2. The Balaban J connectivity index is 1.27. The minimum atomic E-state index is -0.366. The maximum absolute atomic E-state index is 12.5. The third-order valence-electron chi connectivity index (χ3n) is 5.15. The average molecular weight is 458 g/mol. The summed E-state index contributed by atoms with van der Waals surface area (Å²) in [6, 6.07) is 13.2. The molecule has 0 bridgehead atoms. The Morgan fingerprint density at radius 3 is 2.52 bits per heavy atom. The van der Waals surface area contributed by atoms with Gasteiger partial charge < -0.3 is 15.1 Å². The number of pyridine rings is 1. The number of halogens is 2. The Hall–Kier alpha value is -3.03. The number of rotatable bonds is 5. The number of carbonyl (C=O) groups excluding carboxylic acids is 2. The van der Waals surface area contributed by atoms with Gasteiger partial charge in [-0.1, -0.05) is 29.3 Å². The lowest BCUT2D eigenvalue weighted by Crippen LogP contribution is -2.51.